The van der Waals surface area contributed by atoms with Crippen molar-refractivity contribution in [3.8, 4) is 0 Å². The smallest absolute Gasteiger partial charge is 0.317 e. The van der Waals surface area contributed by atoms with E-state index in [0.29, 0.717) is 26.2 Å². The first-order chi connectivity index (χ1) is 11.9. The number of likely N-dealkylation sites (N-methyl/N-ethyl adjacent to an activating group) is 1. The summed E-state index contributed by atoms with van der Waals surface area (Å²) in [4.78, 5) is 38.7. The predicted octanol–water partition coefficient (Wildman–Crippen LogP) is 0.909. The van der Waals surface area contributed by atoms with E-state index in [4.69, 9.17) is 9.84 Å². The van der Waals surface area contributed by atoms with E-state index in [1.165, 1.54) is 0 Å². The molecule has 0 spiro atoms. The molecule has 8 nitrogen and oxygen atoms in total. The summed E-state index contributed by atoms with van der Waals surface area (Å²) in [5.74, 6) is -1.29. The highest BCUT2D eigenvalue weighted by Crippen LogP contribution is 2.26. The lowest BCUT2D eigenvalue weighted by atomic mass is 9.85. The van der Waals surface area contributed by atoms with Crippen molar-refractivity contribution in [2.45, 2.75) is 51.6 Å². The summed E-state index contributed by atoms with van der Waals surface area (Å²) in [6.45, 7) is 5.86. The van der Waals surface area contributed by atoms with Crippen LogP contribution in [0.5, 0.6) is 0 Å². The second kappa shape index (κ2) is 9.03. The number of carbonyl (C=O) groups excluding carboxylic acids is 2. The van der Waals surface area contributed by atoms with E-state index in [2.05, 4.69) is 5.32 Å². The van der Waals surface area contributed by atoms with E-state index < -0.39 is 5.97 Å². The Morgan fingerprint density at radius 2 is 2.00 bits per heavy atom. The van der Waals surface area contributed by atoms with E-state index in [1.807, 2.05) is 11.8 Å². The van der Waals surface area contributed by atoms with Crippen LogP contribution in [-0.2, 0) is 14.3 Å². The molecule has 0 bridgehead atoms. The van der Waals surface area contributed by atoms with Gasteiger partial charge in [0, 0.05) is 25.2 Å². The predicted molar refractivity (Wildman–Crippen MR) is 91.2 cm³/mol. The Hall–Kier alpha value is -1.83. The van der Waals surface area contributed by atoms with Crippen LogP contribution in [0.15, 0.2) is 0 Å². The van der Waals surface area contributed by atoms with Crippen LogP contribution in [0.4, 0.5) is 4.79 Å². The molecule has 0 aromatic rings. The monoisotopic (exact) mass is 355 g/mol. The maximum absolute atomic E-state index is 12.4. The summed E-state index contributed by atoms with van der Waals surface area (Å²) in [7, 11) is 0. The zero-order valence-corrected chi connectivity index (χ0v) is 15.1. The van der Waals surface area contributed by atoms with E-state index in [9.17, 15) is 14.4 Å². The number of carboxylic acids is 1. The van der Waals surface area contributed by atoms with E-state index in [1.54, 1.807) is 11.8 Å². The number of aliphatic carboxylic acids is 1. The quantitative estimate of drug-likeness (QED) is 0.659. The number of esters is 1. The summed E-state index contributed by atoms with van der Waals surface area (Å²) in [6, 6.07) is 0.141. The van der Waals surface area contributed by atoms with E-state index >= 15 is 0 Å². The topological polar surface area (TPSA) is 99.2 Å². The van der Waals surface area contributed by atoms with Gasteiger partial charge < -0.3 is 20.1 Å². The van der Waals surface area contributed by atoms with Gasteiger partial charge in [0.2, 0.25) is 0 Å². The van der Waals surface area contributed by atoms with Crippen LogP contribution in [-0.4, -0.2) is 77.7 Å². The Morgan fingerprint density at radius 1 is 1.28 bits per heavy atom. The molecule has 2 fully saturated rings. The Balaban J connectivity index is 1.75. The van der Waals surface area contributed by atoms with Gasteiger partial charge in [-0.2, -0.15) is 0 Å². The first kappa shape index (κ1) is 19.5. The lowest BCUT2D eigenvalue weighted by Crippen LogP contribution is -2.57. The molecule has 142 valence electrons. The van der Waals surface area contributed by atoms with Crippen molar-refractivity contribution in [2.24, 2.45) is 5.92 Å². The van der Waals surface area contributed by atoms with Crippen molar-refractivity contribution >= 4 is 18.0 Å². The number of amides is 2. The molecule has 2 amide bonds. The van der Waals surface area contributed by atoms with Gasteiger partial charge in [-0.1, -0.05) is 6.92 Å². The van der Waals surface area contributed by atoms with E-state index in [0.717, 1.165) is 25.7 Å². The normalized spacial score (nSPS) is 26.0. The molecule has 0 aromatic heterocycles. The molecule has 0 unspecified atom stereocenters. The zero-order valence-electron chi connectivity index (χ0n) is 15.1. The Labute approximate surface area is 148 Å². The van der Waals surface area contributed by atoms with Crippen LogP contribution in [0.25, 0.3) is 0 Å². The summed E-state index contributed by atoms with van der Waals surface area (Å²) in [5, 5.41) is 11.9. The van der Waals surface area contributed by atoms with Crippen molar-refractivity contribution in [3.63, 3.8) is 0 Å². The minimum Gasteiger partial charge on any atom is -0.480 e. The molecule has 2 aliphatic rings. The SMILES string of the molecule is CCOC(=O)[C@@H]1CCCN(C(=O)NC2CC(N(CC)CC(=O)O)C2)C1. The van der Waals surface area contributed by atoms with Crippen LogP contribution >= 0.6 is 0 Å². The molecule has 2 N–H and O–H groups in total. The maximum Gasteiger partial charge on any atom is 0.317 e. The van der Waals surface area contributed by atoms with Crippen LogP contribution in [0.1, 0.15) is 39.5 Å². The van der Waals surface area contributed by atoms with Gasteiger partial charge in [0.05, 0.1) is 19.1 Å². The zero-order chi connectivity index (χ0) is 18.4. The first-order valence-electron chi connectivity index (χ1n) is 9.12. The van der Waals surface area contributed by atoms with Crippen LogP contribution < -0.4 is 5.32 Å². The van der Waals surface area contributed by atoms with Crippen LogP contribution in [0.2, 0.25) is 0 Å². The number of nitrogens with one attached hydrogen (secondary N) is 1. The van der Waals surface area contributed by atoms with Gasteiger partial charge in [0.25, 0.3) is 0 Å². The third-order valence-electron chi connectivity index (χ3n) is 5.03. The average molecular weight is 355 g/mol. The minimum atomic E-state index is -0.826. The Kier molecular flexibility index (Phi) is 7.04. The number of likely N-dealkylation sites (tertiary alicyclic amines) is 1. The molecule has 1 saturated heterocycles. The molecular weight excluding hydrogens is 326 g/mol. The van der Waals surface area contributed by atoms with Gasteiger partial charge in [-0.05, 0) is 39.2 Å². The molecule has 1 aliphatic carbocycles. The molecule has 0 aromatic carbocycles. The van der Waals surface area contributed by atoms with E-state index in [-0.39, 0.29) is 36.5 Å². The molecule has 1 saturated carbocycles. The molecule has 25 heavy (non-hydrogen) atoms. The summed E-state index contributed by atoms with van der Waals surface area (Å²) in [6.07, 6.45) is 3.09. The molecule has 1 aliphatic heterocycles. The number of carbonyl (C=O) groups is 3. The molecular formula is C17H29N3O5. The lowest BCUT2D eigenvalue weighted by molar-refractivity contribution is -0.149. The molecule has 8 heteroatoms. The number of ether oxygens (including phenoxy) is 1. The minimum absolute atomic E-state index is 0.0369. The van der Waals surface area contributed by atoms with Crippen molar-refractivity contribution in [3.05, 3.63) is 0 Å². The molecule has 2 rings (SSSR count). The average Bonchev–Trinajstić information content (AvgIpc) is 2.56. The Morgan fingerprint density at radius 3 is 2.60 bits per heavy atom. The fourth-order valence-corrected chi connectivity index (χ4v) is 3.56. The number of carboxylic acid groups (broad SMARTS) is 1. The summed E-state index contributed by atoms with van der Waals surface area (Å²) in [5.41, 5.74) is 0. The molecule has 1 heterocycles. The highest BCUT2D eigenvalue weighted by Gasteiger charge is 2.36. The standard InChI is InChI=1S/C17H29N3O5/c1-3-19(11-15(21)22)14-8-13(9-14)18-17(24)20-7-5-6-12(10-20)16(23)25-4-2/h12-14H,3-11H2,1-2H3,(H,18,24)(H,21,22)/t12-,13?,14?/m1/s1. The third kappa shape index (κ3) is 5.32. The van der Waals surface area contributed by atoms with Crippen molar-refractivity contribution in [1.29, 1.82) is 0 Å². The van der Waals surface area contributed by atoms with Gasteiger partial charge in [-0.3, -0.25) is 14.5 Å². The fourth-order valence-electron chi connectivity index (χ4n) is 3.56. The molecule has 0 radical (unpaired) electrons. The van der Waals surface area contributed by atoms with Crippen LogP contribution in [0, 0.1) is 5.92 Å². The highest BCUT2D eigenvalue weighted by molar-refractivity contribution is 5.77. The van der Waals surface area contributed by atoms with Crippen LogP contribution in [0.3, 0.4) is 0 Å². The van der Waals surface area contributed by atoms with Crippen molar-refractivity contribution < 1.29 is 24.2 Å². The summed E-state index contributed by atoms with van der Waals surface area (Å²) < 4.78 is 5.06. The fraction of sp³-hybridized carbons (Fsp3) is 0.824. The highest BCUT2D eigenvalue weighted by atomic mass is 16.5. The van der Waals surface area contributed by atoms with Gasteiger partial charge in [-0.15, -0.1) is 0 Å². The number of rotatable bonds is 7. The van der Waals surface area contributed by atoms with Gasteiger partial charge in [0.15, 0.2) is 0 Å². The first-order valence-corrected chi connectivity index (χ1v) is 9.12. The maximum atomic E-state index is 12.4. The number of urea groups is 1. The second-order valence-electron chi connectivity index (χ2n) is 6.77. The number of hydrogen-bond donors (Lipinski definition) is 2. The summed E-state index contributed by atoms with van der Waals surface area (Å²) >= 11 is 0. The Bertz CT molecular complexity index is 493. The number of hydrogen-bond acceptors (Lipinski definition) is 5. The number of nitrogens with zero attached hydrogens (tertiary/aromatic N) is 2. The largest absolute Gasteiger partial charge is 0.480 e. The van der Waals surface area contributed by atoms with Crippen molar-refractivity contribution in [2.75, 3.05) is 32.8 Å². The van der Waals surface area contributed by atoms with Gasteiger partial charge in [0.1, 0.15) is 0 Å². The van der Waals surface area contributed by atoms with Gasteiger partial charge in [-0.25, -0.2) is 4.79 Å². The second-order valence-corrected chi connectivity index (χ2v) is 6.77. The molecule has 1 atom stereocenters. The van der Waals surface area contributed by atoms with Crippen molar-refractivity contribution in [1.82, 2.24) is 15.1 Å². The lowest BCUT2D eigenvalue weighted by Gasteiger charge is -2.43. The number of piperidine rings is 1. The van der Waals surface area contributed by atoms with Gasteiger partial charge >= 0.3 is 18.0 Å². The third-order valence-corrected chi connectivity index (χ3v) is 5.03.